The van der Waals surface area contributed by atoms with Gasteiger partial charge in [0.1, 0.15) is 12.5 Å². The van der Waals surface area contributed by atoms with Gasteiger partial charge < -0.3 is 9.47 Å². The van der Waals surface area contributed by atoms with E-state index in [-0.39, 0.29) is 18.3 Å². The highest BCUT2D eigenvalue weighted by atomic mass is 16.5. The predicted octanol–water partition coefficient (Wildman–Crippen LogP) is 1.82. The Balaban J connectivity index is 4.30. The molecule has 0 aliphatic carbocycles. The second kappa shape index (κ2) is 8.28. The lowest BCUT2D eigenvalue weighted by Gasteiger charge is -2.17. The van der Waals surface area contributed by atoms with Crippen LogP contribution in [0.1, 0.15) is 34.1 Å². The van der Waals surface area contributed by atoms with Crippen LogP contribution >= 0.6 is 0 Å². The Morgan fingerprint density at radius 2 is 1.81 bits per heavy atom. The van der Waals surface area contributed by atoms with E-state index in [9.17, 15) is 9.59 Å². The van der Waals surface area contributed by atoms with Crippen molar-refractivity contribution in [3.63, 3.8) is 0 Å². The van der Waals surface area contributed by atoms with E-state index in [1.807, 2.05) is 20.8 Å². The second-order valence-electron chi connectivity index (χ2n) is 3.99. The van der Waals surface area contributed by atoms with Crippen molar-refractivity contribution in [2.24, 2.45) is 11.8 Å². The lowest BCUT2D eigenvalue weighted by atomic mass is 9.92. The van der Waals surface area contributed by atoms with Gasteiger partial charge in [0.2, 0.25) is 0 Å². The number of Topliss-reactive ketones (excluding diaryl/α,β-unsaturated/α-hetero) is 1. The average molecular weight is 230 g/mol. The molecule has 0 aliphatic heterocycles. The fourth-order valence-electron chi connectivity index (χ4n) is 1.41. The summed E-state index contributed by atoms with van der Waals surface area (Å²) in [5.41, 5.74) is 0. The van der Waals surface area contributed by atoms with Gasteiger partial charge in [-0.2, -0.15) is 0 Å². The fourth-order valence-corrected chi connectivity index (χ4v) is 1.41. The molecule has 0 aromatic heterocycles. The largest absolute Gasteiger partial charge is 0.465 e. The van der Waals surface area contributed by atoms with E-state index in [0.29, 0.717) is 13.2 Å². The van der Waals surface area contributed by atoms with Crippen molar-refractivity contribution in [3.8, 4) is 0 Å². The first-order valence-electron chi connectivity index (χ1n) is 5.81. The normalized spacial score (nSPS) is 12.6. The van der Waals surface area contributed by atoms with Gasteiger partial charge in [0.05, 0.1) is 6.61 Å². The van der Waals surface area contributed by atoms with Gasteiger partial charge in [-0.3, -0.25) is 9.59 Å². The molecule has 1 unspecified atom stereocenters. The monoisotopic (exact) mass is 230 g/mol. The van der Waals surface area contributed by atoms with Gasteiger partial charge in [0.25, 0.3) is 0 Å². The smallest absolute Gasteiger partial charge is 0.316 e. The lowest BCUT2D eigenvalue weighted by molar-refractivity contribution is -0.154. The summed E-state index contributed by atoms with van der Waals surface area (Å²) in [6, 6.07) is 0. The van der Waals surface area contributed by atoms with Crippen LogP contribution in [0.15, 0.2) is 0 Å². The average Bonchev–Trinajstić information content (AvgIpc) is 2.18. The van der Waals surface area contributed by atoms with Crippen LogP contribution in [0.2, 0.25) is 0 Å². The summed E-state index contributed by atoms with van der Waals surface area (Å²) in [5, 5.41) is 0. The lowest BCUT2D eigenvalue weighted by Crippen LogP contribution is -2.33. The van der Waals surface area contributed by atoms with Gasteiger partial charge in [-0.25, -0.2) is 0 Å². The molecule has 0 spiro atoms. The molecule has 0 aromatic carbocycles. The summed E-state index contributed by atoms with van der Waals surface area (Å²) in [4.78, 5) is 23.3. The van der Waals surface area contributed by atoms with Gasteiger partial charge >= 0.3 is 5.97 Å². The summed E-state index contributed by atoms with van der Waals surface area (Å²) in [7, 11) is 0. The maximum atomic E-state index is 11.7. The van der Waals surface area contributed by atoms with E-state index >= 15 is 0 Å². The van der Waals surface area contributed by atoms with Crippen molar-refractivity contribution in [2.75, 3.05) is 19.8 Å². The number of carbonyl (C=O) groups is 2. The molecule has 0 bridgehead atoms. The highest BCUT2D eigenvalue weighted by molar-refractivity contribution is 5.99. The number of ether oxygens (including phenoxy) is 2. The van der Waals surface area contributed by atoms with Crippen LogP contribution in [0.5, 0.6) is 0 Å². The molecule has 0 aromatic rings. The van der Waals surface area contributed by atoms with Crippen molar-refractivity contribution in [3.05, 3.63) is 0 Å². The molecule has 0 N–H and O–H groups in total. The molecule has 16 heavy (non-hydrogen) atoms. The van der Waals surface area contributed by atoms with Crippen molar-refractivity contribution >= 4 is 11.8 Å². The minimum atomic E-state index is -0.697. The Morgan fingerprint density at radius 1 is 1.19 bits per heavy atom. The summed E-state index contributed by atoms with van der Waals surface area (Å²) >= 11 is 0. The molecule has 1 atom stereocenters. The number of hydrogen-bond donors (Lipinski definition) is 0. The predicted molar refractivity (Wildman–Crippen MR) is 61.1 cm³/mol. The Bertz CT molecular complexity index is 223. The molecule has 0 saturated carbocycles. The standard InChI is InChI=1S/C12H22O4/c1-5-7-15-8-10(13)11(9(3)4)12(14)16-6-2/h9,11H,5-8H2,1-4H3. The Morgan fingerprint density at radius 3 is 2.25 bits per heavy atom. The van der Waals surface area contributed by atoms with Crippen molar-refractivity contribution in [1.29, 1.82) is 0 Å². The van der Waals surface area contributed by atoms with Crippen LogP contribution in [0.3, 0.4) is 0 Å². The number of ketones is 1. The van der Waals surface area contributed by atoms with Crippen LogP contribution in [0.25, 0.3) is 0 Å². The van der Waals surface area contributed by atoms with E-state index in [1.54, 1.807) is 6.92 Å². The van der Waals surface area contributed by atoms with Crippen LogP contribution in [-0.2, 0) is 19.1 Å². The summed E-state index contributed by atoms with van der Waals surface area (Å²) in [6.45, 7) is 8.20. The van der Waals surface area contributed by atoms with Gasteiger partial charge in [-0.15, -0.1) is 0 Å². The minimum Gasteiger partial charge on any atom is -0.465 e. The highest BCUT2D eigenvalue weighted by Gasteiger charge is 2.30. The van der Waals surface area contributed by atoms with Crippen LogP contribution in [0, 0.1) is 11.8 Å². The van der Waals surface area contributed by atoms with Crippen molar-refractivity contribution < 1.29 is 19.1 Å². The molecule has 0 fully saturated rings. The summed E-state index contributed by atoms with van der Waals surface area (Å²) in [5.74, 6) is -1.39. The number of rotatable bonds is 8. The van der Waals surface area contributed by atoms with Crippen LogP contribution in [-0.4, -0.2) is 31.6 Å². The molecule has 0 aliphatic rings. The van der Waals surface area contributed by atoms with E-state index in [4.69, 9.17) is 9.47 Å². The Hall–Kier alpha value is -0.900. The molecular weight excluding hydrogens is 208 g/mol. The maximum Gasteiger partial charge on any atom is 0.316 e. The first kappa shape index (κ1) is 15.1. The molecule has 0 amide bonds. The zero-order chi connectivity index (χ0) is 12.6. The van der Waals surface area contributed by atoms with Gasteiger partial charge in [0, 0.05) is 6.61 Å². The molecule has 0 saturated heterocycles. The molecular formula is C12H22O4. The Kier molecular flexibility index (Phi) is 7.81. The third kappa shape index (κ3) is 5.26. The maximum absolute atomic E-state index is 11.7. The fraction of sp³-hybridized carbons (Fsp3) is 0.833. The van der Waals surface area contributed by atoms with Crippen molar-refractivity contribution in [1.82, 2.24) is 0 Å². The van der Waals surface area contributed by atoms with E-state index in [1.165, 1.54) is 0 Å². The molecule has 94 valence electrons. The quantitative estimate of drug-likeness (QED) is 0.362. The summed E-state index contributed by atoms with van der Waals surface area (Å²) < 4.78 is 10.0. The third-order valence-corrected chi connectivity index (χ3v) is 2.15. The van der Waals surface area contributed by atoms with Crippen LogP contribution in [0.4, 0.5) is 0 Å². The number of hydrogen-bond acceptors (Lipinski definition) is 4. The van der Waals surface area contributed by atoms with E-state index in [2.05, 4.69) is 0 Å². The number of esters is 1. The van der Waals surface area contributed by atoms with Crippen molar-refractivity contribution in [2.45, 2.75) is 34.1 Å². The zero-order valence-electron chi connectivity index (χ0n) is 10.6. The summed E-state index contributed by atoms with van der Waals surface area (Å²) in [6.07, 6.45) is 0.860. The number of carbonyl (C=O) groups excluding carboxylic acids is 2. The Labute approximate surface area is 97.3 Å². The van der Waals surface area contributed by atoms with Gasteiger partial charge in [-0.1, -0.05) is 20.8 Å². The molecule has 0 heterocycles. The van der Waals surface area contributed by atoms with E-state index in [0.717, 1.165) is 6.42 Å². The first-order valence-corrected chi connectivity index (χ1v) is 5.81. The molecule has 0 radical (unpaired) electrons. The SMILES string of the molecule is CCCOCC(=O)C(C(=O)OCC)C(C)C. The molecule has 4 nitrogen and oxygen atoms in total. The highest BCUT2D eigenvalue weighted by Crippen LogP contribution is 2.14. The molecule has 4 heteroatoms. The third-order valence-electron chi connectivity index (χ3n) is 2.15. The van der Waals surface area contributed by atoms with Gasteiger partial charge in [-0.05, 0) is 19.3 Å². The topological polar surface area (TPSA) is 52.6 Å². The van der Waals surface area contributed by atoms with Crippen LogP contribution < -0.4 is 0 Å². The minimum absolute atomic E-state index is 0.00446. The second-order valence-corrected chi connectivity index (χ2v) is 3.99. The van der Waals surface area contributed by atoms with E-state index < -0.39 is 11.9 Å². The zero-order valence-corrected chi connectivity index (χ0v) is 10.6. The molecule has 0 rings (SSSR count). The van der Waals surface area contributed by atoms with Gasteiger partial charge in [0.15, 0.2) is 5.78 Å². The first-order chi connectivity index (χ1) is 7.54.